The molecule has 1 N–H and O–H groups in total. The fourth-order valence-electron chi connectivity index (χ4n) is 3.50. The molecule has 5 nitrogen and oxygen atoms in total. The molecule has 132 valence electrons. The van der Waals surface area contributed by atoms with Crippen molar-refractivity contribution >= 4 is 11.9 Å². The first-order valence-corrected chi connectivity index (χ1v) is 8.65. The lowest BCUT2D eigenvalue weighted by Gasteiger charge is -2.39. The molecule has 0 bridgehead atoms. The lowest BCUT2D eigenvalue weighted by atomic mass is 9.77. The van der Waals surface area contributed by atoms with E-state index in [9.17, 15) is 14.7 Å². The van der Waals surface area contributed by atoms with Gasteiger partial charge in [0.05, 0.1) is 5.41 Å². The third-order valence-electron chi connectivity index (χ3n) is 5.13. The topological polar surface area (TPSA) is 70.8 Å². The van der Waals surface area contributed by atoms with Crippen LogP contribution in [0.5, 0.6) is 0 Å². The number of carbonyl (C=O) groups is 2. The molecule has 25 heavy (non-hydrogen) atoms. The summed E-state index contributed by atoms with van der Waals surface area (Å²) in [6, 6.07) is 11.1. The number of benzene rings is 1. The minimum Gasteiger partial charge on any atom is -0.481 e. The van der Waals surface area contributed by atoms with E-state index in [-0.39, 0.29) is 12.5 Å². The number of carboxylic acid groups (broad SMARTS) is 1. The van der Waals surface area contributed by atoms with Crippen LogP contribution in [0.3, 0.4) is 0 Å². The third-order valence-corrected chi connectivity index (χ3v) is 5.13. The lowest BCUT2D eigenvalue weighted by Crippen LogP contribution is -2.49. The van der Waals surface area contributed by atoms with Gasteiger partial charge < -0.3 is 14.4 Å². The Balaban J connectivity index is 1.84. The highest BCUT2D eigenvalue weighted by Crippen LogP contribution is 2.34. The highest BCUT2D eigenvalue weighted by atomic mass is 16.4. The molecule has 1 aromatic carbocycles. The molecule has 1 aliphatic rings. The molecule has 1 aromatic heterocycles. The third kappa shape index (κ3) is 3.31. The van der Waals surface area contributed by atoms with Crippen molar-refractivity contribution in [2.75, 3.05) is 13.1 Å². The van der Waals surface area contributed by atoms with Gasteiger partial charge in [0.15, 0.2) is 0 Å². The van der Waals surface area contributed by atoms with Gasteiger partial charge in [-0.25, -0.2) is 0 Å². The highest BCUT2D eigenvalue weighted by Gasteiger charge is 2.42. The van der Waals surface area contributed by atoms with E-state index in [0.717, 1.165) is 17.1 Å². The van der Waals surface area contributed by atoms with E-state index in [1.165, 1.54) is 0 Å². The zero-order valence-corrected chi connectivity index (χ0v) is 14.6. The number of amides is 1. The number of piperidine rings is 1. The first-order chi connectivity index (χ1) is 11.9. The Morgan fingerprint density at radius 2 is 2.08 bits per heavy atom. The number of nitrogens with zero attached hydrogens (tertiary/aromatic N) is 1. The number of carbonyl (C=O) groups excluding carboxylic acids is 1. The largest absolute Gasteiger partial charge is 0.481 e. The van der Waals surface area contributed by atoms with Crippen LogP contribution in [0.25, 0.3) is 11.3 Å². The van der Waals surface area contributed by atoms with Crippen LogP contribution >= 0.6 is 0 Å². The number of likely N-dealkylation sites (tertiary alicyclic amines) is 1. The average molecular weight is 341 g/mol. The molecule has 1 saturated heterocycles. The molecule has 3 rings (SSSR count). The minimum atomic E-state index is -0.830. The van der Waals surface area contributed by atoms with Crippen LogP contribution in [0, 0.1) is 12.3 Å². The lowest BCUT2D eigenvalue weighted by molar-refractivity contribution is -0.152. The normalized spacial score (nSPS) is 20.5. The summed E-state index contributed by atoms with van der Waals surface area (Å²) in [7, 11) is 0. The van der Waals surface area contributed by atoms with Crippen molar-refractivity contribution in [3.05, 3.63) is 47.7 Å². The van der Waals surface area contributed by atoms with E-state index in [1.54, 1.807) is 11.0 Å². The number of carboxylic acids is 1. The van der Waals surface area contributed by atoms with Crippen molar-refractivity contribution in [2.45, 2.75) is 33.1 Å². The van der Waals surface area contributed by atoms with Crippen molar-refractivity contribution in [2.24, 2.45) is 5.41 Å². The second kappa shape index (κ2) is 6.75. The number of aryl methyl sites for hydroxylation is 1. The Bertz CT molecular complexity index is 794. The zero-order valence-electron chi connectivity index (χ0n) is 14.6. The molecule has 5 heteroatoms. The van der Waals surface area contributed by atoms with E-state index >= 15 is 0 Å². The summed E-state index contributed by atoms with van der Waals surface area (Å²) in [6.07, 6.45) is 1.86. The fourth-order valence-corrected chi connectivity index (χ4v) is 3.50. The Morgan fingerprint density at radius 1 is 1.28 bits per heavy atom. The van der Waals surface area contributed by atoms with Gasteiger partial charge in [0.25, 0.3) is 5.91 Å². The van der Waals surface area contributed by atoms with Crippen LogP contribution in [0.1, 0.15) is 42.3 Å². The smallest absolute Gasteiger partial charge is 0.311 e. The molecule has 1 fully saturated rings. The number of hydrogen-bond acceptors (Lipinski definition) is 3. The number of furan rings is 1. The predicted octanol–water partition coefficient (Wildman–Crippen LogP) is 3.97. The molecular weight excluding hydrogens is 318 g/mol. The average Bonchev–Trinajstić information content (AvgIpc) is 3.07. The van der Waals surface area contributed by atoms with Gasteiger partial charge in [-0.2, -0.15) is 0 Å². The maximum atomic E-state index is 12.9. The molecule has 2 aromatic rings. The quantitative estimate of drug-likeness (QED) is 0.913. The van der Waals surface area contributed by atoms with Gasteiger partial charge in [-0.1, -0.05) is 19.1 Å². The number of hydrogen-bond donors (Lipinski definition) is 1. The van der Waals surface area contributed by atoms with E-state index in [0.29, 0.717) is 31.4 Å². The van der Waals surface area contributed by atoms with Gasteiger partial charge in [0, 0.05) is 24.2 Å². The summed E-state index contributed by atoms with van der Waals surface area (Å²) in [5, 5.41) is 9.60. The molecular formula is C20H23NO4. The summed E-state index contributed by atoms with van der Waals surface area (Å²) >= 11 is 0. The molecule has 0 radical (unpaired) electrons. The Morgan fingerprint density at radius 3 is 2.72 bits per heavy atom. The van der Waals surface area contributed by atoms with Crippen molar-refractivity contribution in [1.29, 1.82) is 0 Å². The number of rotatable bonds is 4. The molecule has 2 heterocycles. The molecule has 0 unspecified atom stereocenters. The second-order valence-electron chi connectivity index (χ2n) is 6.76. The maximum Gasteiger partial charge on any atom is 0.311 e. The molecule has 0 aliphatic carbocycles. The highest BCUT2D eigenvalue weighted by molar-refractivity contribution is 5.95. The van der Waals surface area contributed by atoms with Crippen LogP contribution in [0.2, 0.25) is 0 Å². The molecule has 0 spiro atoms. The van der Waals surface area contributed by atoms with Crippen LogP contribution < -0.4 is 0 Å². The van der Waals surface area contributed by atoms with Crippen LogP contribution in [-0.2, 0) is 4.79 Å². The summed E-state index contributed by atoms with van der Waals surface area (Å²) in [6.45, 7) is 4.62. The second-order valence-corrected chi connectivity index (χ2v) is 6.76. The maximum absolute atomic E-state index is 12.9. The molecule has 0 saturated carbocycles. The summed E-state index contributed by atoms with van der Waals surface area (Å²) < 4.78 is 5.63. The zero-order chi connectivity index (χ0) is 18.0. The van der Waals surface area contributed by atoms with Crippen LogP contribution in [0.4, 0.5) is 0 Å². The van der Waals surface area contributed by atoms with Crippen LogP contribution in [0.15, 0.2) is 40.8 Å². The van der Waals surface area contributed by atoms with E-state index in [4.69, 9.17) is 4.42 Å². The summed E-state index contributed by atoms with van der Waals surface area (Å²) in [5.74, 6) is 0.604. The van der Waals surface area contributed by atoms with Crippen molar-refractivity contribution in [3.8, 4) is 11.3 Å². The number of aliphatic carboxylic acids is 1. The van der Waals surface area contributed by atoms with E-state index in [2.05, 4.69) is 0 Å². The molecule has 1 atom stereocenters. The van der Waals surface area contributed by atoms with Gasteiger partial charge in [-0.3, -0.25) is 9.59 Å². The summed E-state index contributed by atoms with van der Waals surface area (Å²) in [5.41, 5.74) is 0.573. The van der Waals surface area contributed by atoms with Gasteiger partial charge in [0.1, 0.15) is 11.5 Å². The first-order valence-electron chi connectivity index (χ1n) is 8.65. The Kier molecular flexibility index (Phi) is 4.66. The minimum absolute atomic E-state index is 0.121. The van der Waals surface area contributed by atoms with E-state index < -0.39 is 11.4 Å². The van der Waals surface area contributed by atoms with Gasteiger partial charge in [-0.05, 0) is 50.5 Å². The molecule has 1 amide bonds. The van der Waals surface area contributed by atoms with Gasteiger partial charge >= 0.3 is 5.97 Å². The van der Waals surface area contributed by atoms with Crippen molar-refractivity contribution < 1.29 is 19.1 Å². The van der Waals surface area contributed by atoms with E-state index in [1.807, 2.05) is 44.2 Å². The Hall–Kier alpha value is -2.56. The van der Waals surface area contributed by atoms with Gasteiger partial charge in [0.2, 0.25) is 0 Å². The van der Waals surface area contributed by atoms with Crippen molar-refractivity contribution in [1.82, 2.24) is 4.90 Å². The monoisotopic (exact) mass is 341 g/mol. The molecule has 1 aliphatic heterocycles. The van der Waals surface area contributed by atoms with Crippen LogP contribution in [-0.4, -0.2) is 35.0 Å². The summed E-state index contributed by atoms with van der Waals surface area (Å²) in [4.78, 5) is 26.3. The van der Waals surface area contributed by atoms with Gasteiger partial charge in [-0.15, -0.1) is 0 Å². The Labute approximate surface area is 147 Å². The standard InChI is InChI=1S/C20H23NO4/c1-3-20(19(23)24)10-5-11-21(13-20)18(22)16-7-4-6-15(12-16)17-9-8-14(2)25-17/h4,6-9,12H,3,5,10-11,13H2,1-2H3,(H,23,24)/t20-/m0/s1. The SMILES string of the molecule is CC[C@]1(C(=O)O)CCCN(C(=O)c2cccc(-c3ccc(C)o3)c2)C1. The fraction of sp³-hybridized carbons (Fsp3) is 0.400. The first kappa shape index (κ1) is 17.3. The van der Waals surface area contributed by atoms with Crippen molar-refractivity contribution in [3.63, 3.8) is 0 Å². The predicted molar refractivity (Wildman–Crippen MR) is 94.4 cm³/mol.